The maximum Gasteiger partial charge on any atom is 0.189 e. The minimum absolute atomic E-state index is 0.0492. The SMILES string of the molecule is Nc1nc2ccc(-c3cccc(F)c3CCCF)cn2c1C(=O)[C@@H]1C[C@@H]1F. The van der Waals surface area contributed by atoms with E-state index in [1.54, 1.807) is 30.5 Å². The van der Waals surface area contributed by atoms with Crippen molar-refractivity contribution in [3.63, 3.8) is 0 Å². The van der Waals surface area contributed by atoms with Crippen molar-refractivity contribution in [1.29, 1.82) is 0 Å². The molecular weight excluding hydrogens is 355 g/mol. The Balaban J connectivity index is 1.83. The van der Waals surface area contributed by atoms with Crippen molar-refractivity contribution in [2.24, 2.45) is 5.92 Å². The van der Waals surface area contributed by atoms with Crippen LogP contribution in [0.25, 0.3) is 16.8 Å². The summed E-state index contributed by atoms with van der Waals surface area (Å²) in [7, 11) is 0. The van der Waals surface area contributed by atoms with Gasteiger partial charge < -0.3 is 5.73 Å². The predicted molar refractivity (Wildman–Crippen MR) is 96.6 cm³/mol. The minimum Gasteiger partial charge on any atom is -0.382 e. The van der Waals surface area contributed by atoms with E-state index in [1.165, 1.54) is 10.5 Å². The lowest BCUT2D eigenvalue weighted by atomic mass is 9.97. The predicted octanol–water partition coefficient (Wildman–Crippen LogP) is 4.17. The summed E-state index contributed by atoms with van der Waals surface area (Å²) in [6.45, 7) is -0.532. The molecule has 1 saturated carbocycles. The van der Waals surface area contributed by atoms with Crippen LogP contribution in [0, 0.1) is 11.7 Å². The van der Waals surface area contributed by atoms with E-state index in [1.807, 2.05) is 0 Å². The van der Waals surface area contributed by atoms with Crippen molar-refractivity contribution < 1.29 is 18.0 Å². The molecule has 0 bridgehead atoms. The second-order valence-corrected chi connectivity index (χ2v) is 6.77. The van der Waals surface area contributed by atoms with E-state index < -0.39 is 24.6 Å². The largest absolute Gasteiger partial charge is 0.382 e. The Morgan fingerprint density at radius 3 is 2.78 bits per heavy atom. The van der Waals surface area contributed by atoms with Crippen LogP contribution in [0.2, 0.25) is 0 Å². The number of carbonyl (C=O) groups is 1. The number of Topliss-reactive ketones (excluding diaryl/α,β-unsaturated/α-hetero) is 1. The second kappa shape index (κ2) is 6.72. The summed E-state index contributed by atoms with van der Waals surface area (Å²) in [6.07, 6.45) is 1.19. The number of nitrogens with zero attached hydrogens (tertiary/aromatic N) is 2. The fourth-order valence-electron chi connectivity index (χ4n) is 3.40. The lowest BCUT2D eigenvalue weighted by Crippen LogP contribution is -2.10. The first-order chi connectivity index (χ1) is 13.0. The van der Waals surface area contributed by atoms with Gasteiger partial charge in [0.25, 0.3) is 0 Å². The first-order valence-electron chi connectivity index (χ1n) is 8.81. The van der Waals surface area contributed by atoms with Crippen LogP contribution in [-0.2, 0) is 6.42 Å². The summed E-state index contributed by atoms with van der Waals surface area (Å²) < 4.78 is 41.8. The van der Waals surface area contributed by atoms with Crippen LogP contribution in [0.4, 0.5) is 19.0 Å². The molecule has 2 N–H and O–H groups in total. The maximum absolute atomic E-state index is 14.3. The molecule has 1 fully saturated rings. The van der Waals surface area contributed by atoms with Gasteiger partial charge >= 0.3 is 0 Å². The molecule has 4 nitrogen and oxygen atoms in total. The number of ketones is 1. The number of carbonyl (C=O) groups excluding carboxylic acids is 1. The molecule has 0 unspecified atom stereocenters. The number of hydrogen-bond acceptors (Lipinski definition) is 3. The van der Waals surface area contributed by atoms with Crippen LogP contribution in [0.15, 0.2) is 36.5 Å². The number of hydrogen-bond donors (Lipinski definition) is 1. The van der Waals surface area contributed by atoms with Gasteiger partial charge in [-0.1, -0.05) is 12.1 Å². The number of nitrogen functional groups attached to an aromatic ring is 1. The summed E-state index contributed by atoms with van der Waals surface area (Å²) in [5.41, 5.74) is 8.19. The monoisotopic (exact) mass is 373 g/mol. The first kappa shape index (κ1) is 17.6. The van der Waals surface area contributed by atoms with Gasteiger partial charge in [-0.05, 0) is 54.2 Å². The van der Waals surface area contributed by atoms with Gasteiger partial charge in [0.15, 0.2) is 11.6 Å². The van der Waals surface area contributed by atoms with Crippen LogP contribution >= 0.6 is 0 Å². The van der Waals surface area contributed by atoms with Gasteiger partial charge in [-0.25, -0.2) is 13.8 Å². The topological polar surface area (TPSA) is 60.4 Å². The Morgan fingerprint density at radius 1 is 1.30 bits per heavy atom. The molecule has 1 aliphatic carbocycles. The van der Waals surface area contributed by atoms with Crippen LogP contribution in [0.1, 0.15) is 28.9 Å². The number of nitrogens with two attached hydrogens (primary N) is 1. The van der Waals surface area contributed by atoms with Crippen molar-refractivity contribution >= 4 is 17.2 Å². The molecule has 2 atom stereocenters. The molecular formula is C20H18F3N3O. The Morgan fingerprint density at radius 2 is 2.07 bits per heavy atom. The van der Waals surface area contributed by atoms with E-state index in [0.717, 1.165) is 0 Å². The fourth-order valence-corrected chi connectivity index (χ4v) is 3.40. The van der Waals surface area contributed by atoms with Crippen molar-refractivity contribution in [2.75, 3.05) is 12.4 Å². The van der Waals surface area contributed by atoms with Gasteiger partial charge in [-0.3, -0.25) is 13.6 Å². The highest BCUT2D eigenvalue weighted by Gasteiger charge is 2.45. The Bertz CT molecular complexity index is 1030. The Hall–Kier alpha value is -2.83. The average Bonchev–Trinajstić information content (AvgIpc) is 3.29. The molecule has 0 radical (unpaired) electrons. The molecule has 0 aliphatic heterocycles. The highest BCUT2D eigenvalue weighted by Crippen LogP contribution is 2.38. The molecule has 1 aromatic carbocycles. The zero-order chi connectivity index (χ0) is 19.1. The number of imidazole rings is 1. The van der Waals surface area contributed by atoms with Gasteiger partial charge in [-0.15, -0.1) is 0 Å². The van der Waals surface area contributed by atoms with E-state index in [0.29, 0.717) is 22.3 Å². The van der Waals surface area contributed by atoms with E-state index >= 15 is 0 Å². The van der Waals surface area contributed by atoms with Gasteiger partial charge in [0.1, 0.15) is 23.3 Å². The molecule has 7 heteroatoms. The summed E-state index contributed by atoms with van der Waals surface area (Å²) >= 11 is 0. The highest BCUT2D eigenvalue weighted by molar-refractivity contribution is 6.03. The zero-order valence-electron chi connectivity index (χ0n) is 14.5. The number of rotatable bonds is 6. The fraction of sp³-hybridized carbons (Fsp3) is 0.300. The van der Waals surface area contributed by atoms with Crippen LogP contribution < -0.4 is 5.73 Å². The summed E-state index contributed by atoms with van der Waals surface area (Å²) in [6, 6.07) is 8.09. The highest BCUT2D eigenvalue weighted by atomic mass is 19.1. The lowest BCUT2D eigenvalue weighted by molar-refractivity contribution is 0.0952. The molecule has 0 spiro atoms. The number of anilines is 1. The standard InChI is InChI=1S/C20H18F3N3O/c21-8-2-4-13-12(3-1-5-15(13)22)11-6-7-17-25-20(24)18(26(17)10-11)19(27)14-9-16(14)23/h1,3,5-7,10,14,16H,2,4,8-9,24H2/t14-,16+/m1/s1. The van der Waals surface area contributed by atoms with Crippen LogP contribution in [0.5, 0.6) is 0 Å². The molecule has 0 amide bonds. The van der Waals surface area contributed by atoms with Crippen LogP contribution in [-0.4, -0.2) is 28.0 Å². The molecule has 1 aliphatic rings. The molecule has 27 heavy (non-hydrogen) atoms. The average molecular weight is 373 g/mol. The Labute approximate surface area is 153 Å². The van der Waals surface area contributed by atoms with Gasteiger partial charge in [0.05, 0.1) is 12.6 Å². The van der Waals surface area contributed by atoms with E-state index in [2.05, 4.69) is 4.98 Å². The number of pyridine rings is 1. The zero-order valence-corrected chi connectivity index (χ0v) is 14.5. The maximum atomic E-state index is 14.3. The van der Waals surface area contributed by atoms with Crippen molar-refractivity contribution in [3.8, 4) is 11.1 Å². The summed E-state index contributed by atoms with van der Waals surface area (Å²) in [4.78, 5) is 16.7. The van der Waals surface area contributed by atoms with Gasteiger partial charge in [0.2, 0.25) is 0 Å². The quantitative estimate of drug-likeness (QED) is 0.660. The number of fused-ring (bicyclic) bond motifs is 1. The third kappa shape index (κ3) is 3.07. The summed E-state index contributed by atoms with van der Waals surface area (Å²) in [5.74, 6) is -1.40. The molecule has 140 valence electrons. The molecule has 2 heterocycles. The number of benzene rings is 1. The number of alkyl halides is 2. The minimum atomic E-state index is -1.14. The lowest BCUT2D eigenvalue weighted by Gasteiger charge is -2.11. The van der Waals surface area contributed by atoms with E-state index in [9.17, 15) is 18.0 Å². The smallest absolute Gasteiger partial charge is 0.189 e. The Kier molecular flexibility index (Phi) is 4.37. The van der Waals surface area contributed by atoms with Crippen molar-refractivity contribution in [1.82, 2.24) is 9.38 Å². The van der Waals surface area contributed by atoms with Crippen LogP contribution in [0.3, 0.4) is 0 Å². The number of halogens is 3. The molecule has 3 aromatic rings. The van der Waals surface area contributed by atoms with E-state index in [-0.39, 0.29) is 36.6 Å². The first-order valence-corrected chi connectivity index (χ1v) is 8.81. The van der Waals surface area contributed by atoms with Gasteiger partial charge in [-0.2, -0.15) is 0 Å². The third-order valence-corrected chi connectivity index (χ3v) is 4.92. The third-order valence-electron chi connectivity index (χ3n) is 4.92. The normalized spacial score (nSPS) is 18.8. The molecule has 2 aromatic heterocycles. The van der Waals surface area contributed by atoms with Crippen molar-refractivity contribution in [3.05, 3.63) is 53.6 Å². The molecule has 4 rings (SSSR count). The van der Waals surface area contributed by atoms with Gasteiger partial charge in [0, 0.05) is 6.20 Å². The number of aromatic nitrogens is 2. The second-order valence-electron chi connectivity index (χ2n) is 6.77. The van der Waals surface area contributed by atoms with Crippen molar-refractivity contribution in [2.45, 2.75) is 25.4 Å². The molecule has 0 saturated heterocycles. The summed E-state index contributed by atoms with van der Waals surface area (Å²) in [5, 5.41) is 0. The van der Waals surface area contributed by atoms with E-state index in [4.69, 9.17) is 5.73 Å².